The van der Waals surface area contributed by atoms with Gasteiger partial charge in [-0.1, -0.05) is 0 Å². The van der Waals surface area contributed by atoms with E-state index in [0.29, 0.717) is 0 Å². The van der Waals surface area contributed by atoms with Gasteiger partial charge in [0, 0.05) is 18.3 Å². The number of aromatic nitrogens is 2. The Morgan fingerprint density at radius 1 is 1.09 bits per heavy atom. The van der Waals surface area contributed by atoms with E-state index in [9.17, 15) is 35.4 Å². The van der Waals surface area contributed by atoms with Crippen molar-refractivity contribution in [2.75, 3.05) is 19.8 Å². The molecule has 1 aromatic heterocycles. The van der Waals surface area contributed by atoms with Crippen LogP contribution in [0.4, 0.5) is 0 Å². The summed E-state index contributed by atoms with van der Waals surface area (Å²) in [6.45, 7) is -2.32. The van der Waals surface area contributed by atoms with E-state index in [0.717, 1.165) is 5.69 Å². The Labute approximate surface area is 192 Å². The molecular weight excluding hydrogens is 466 g/mol. The predicted molar refractivity (Wildman–Crippen MR) is 107 cm³/mol. The molecule has 2 fully saturated rings. The fraction of sp³-hybridized carbons (Fsp3) is 0.778. The molecule has 0 amide bonds. The molecule has 16 heteroatoms. The lowest BCUT2D eigenvalue weighted by Gasteiger charge is -2.43. The maximum Gasteiger partial charge on any atom is 0.320 e. The van der Waals surface area contributed by atoms with Gasteiger partial charge < -0.3 is 70.9 Å². The van der Waals surface area contributed by atoms with Gasteiger partial charge in [-0.3, -0.25) is 4.79 Å². The number of H-pyrrole nitrogens is 1. The molecular formula is C18H31N3O13. The van der Waals surface area contributed by atoms with E-state index in [1.807, 2.05) is 0 Å². The summed E-state index contributed by atoms with van der Waals surface area (Å²) >= 11 is 0. The average molecular weight is 497 g/mol. The van der Waals surface area contributed by atoms with Gasteiger partial charge in [-0.2, -0.15) is 0 Å². The summed E-state index contributed by atoms with van der Waals surface area (Å²) in [6.07, 6.45) is -9.32. The number of aliphatic hydroxyl groups is 8. The molecule has 0 aromatic carbocycles. The third-order valence-electron chi connectivity index (χ3n) is 5.38. The minimum Gasteiger partial charge on any atom is -0.480 e. The van der Waals surface area contributed by atoms with Crippen molar-refractivity contribution in [3.8, 4) is 0 Å². The minimum absolute atomic E-state index is 0.287. The molecule has 1 aromatic rings. The van der Waals surface area contributed by atoms with Crippen LogP contribution in [0.1, 0.15) is 5.69 Å². The van der Waals surface area contributed by atoms with Gasteiger partial charge in [0.25, 0.3) is 0 Å². The Balaban J connectivity index is 0.000000310. The standard InChI is InChI=1S/C12H22O11.C6H9N3O2/c13-1-4-6(16)8(18)9(19)11(21-4)23-12(3-15)10(20)7(17)5(2-14)22-12;7-5(6(10)11)1-4-2-8-3-9-4/h4-11,13-20H,1-3H2;2-3,5H,1,7H2,(H,8,9)(H,10,11)/t4-,5-,6-,7-,8+,9-,10+,11-,12?;/m1./s1. The number of nitrogens with one attached hydrogen (secondary N) is 1. The summed E-state index contributed by atoms with van der Waals surface area (Å²) in [5, 5.41) is 85.1. The lowest BCUT2D eigenvalue weighted by Crippen LogP contribution is -2.62. The van der Waals surface area contributed by atoms with Crippen molar-refractivity contribution in [3.63, 3.8) is 0 Å². The van der Waals surface area contributed by atoms with Crippen molar-refractivity contribution in [1.29, 1.82) is 0 Å². The number of hydrogen-bond donors (Lipinski definition) is 11. The van der Waals surface area contributed by atoms with E-state index in [1.54, 1.807) is 6.20 Å². The van der Waals surface area contributed by atoms with E-state index in [2.05, 4.69) is 9.97 Å². The number of carboxylic acid groups (broad SMARTS) is 1. The molecule has 0 bridgehead atoms. The number of nitrogens with two attached hydrogens (primary N) is 1. The summed E-state index contributed by atoms with van der Waals surface area (Å²) in [5.41, 5.74) is 6.00. The van der Waals surface area contributed by atoms with Crippen molar-refractivity contribution in [1.82, 2.24) is 9.97 Å². The second-order valence-electron chi connectivity index (χ2n) is 7.79. The van der Waals surface area contributed by atoms with Crippen molar-refractivity contribution < 1.29 is 65.0 Å². The minimum atomic E-state index is -2.22. The van der Waals surface area contributed by atoms with Crippen molar-refractivity contribution in [2.45, 2.75) is 67.3 Å². The molecule has 2 aliphatic heterocycles. The van der Waals surface area contributed by atoms with Gasteiger partial charge in [0.1, 0.15) is 55.4 Å². The van der Waals surface area contributed by atoms with E-state index in [1.165, 1.54) is 6.33 Å². The van der Waals surface area contributed by atoms with Gasteiger partial charge in [0.15, 0.2) is 6.29 Å². The highest BCUT2D eigenvalue weighted by Gasteiger charge is 2.58. The third kappa shape index (κ3) is 6.25. The van der Waals surface area contributed by atoms with Gasteiger partial charge >= 0.3 is 5.97 Å². The molecule has 2 saturated heterocycles. The van der Waals surface area contributed by atoms with E-state index in [4.69, 9.17) is 35.3 Å². The molecule has 2 unspecified atom stereocenters. The monoisotopic (exact) mass is 497 g/mol. The SMILES string of the molecule is NC(Cc1cnc[nH]1)C(=O)O.OC[C@H]1OC(CO)(O[C@H]2O[C@H](CO)[C@@H](O)[C@H](O)[C@H]2O)[C@@H](O)[C@@H]1O. The molecule has 12 N–H and O–H groups in total. The van der Waals surface area contributed by atoms with Crippen LogP contribution in [0.15, 0.2) is 12.5 Å². The Morgan fingerprint density at radius 2 is 1.74 bits per heavy atom. The topological polar surface area (TPSA) is 282 Å². The molecule has 10 atom stereocenters. The second kappa shape index (κ2) is 12.2. The van der Waals surface area contributed by atoms with Crippen LogP contribution in [0.2, 0.25) is 0 Å². The number of carbonyl (C=O) groups is 1. The number of nitrogens with zero attached hydrogens (tertiary/aromatic N) is 1. The lowest BCUT2D eigenvalue weighted by atomic mass is 9.99. The molecule has 3 heterocycles. The zero-order valence-electron chi connectivity index (χ0n) is 17.9. The molecule has 0 saturated carbocycles. The highest BCUT2D eigenvalue weighted by molar-refractivity contribution is 5.73. The van der Waals surface area contributed by atoms with Crippen LogP contribution in [-0.4, -0.2) is 143 Å². The number of aliphatic carboxylic acids is 1. The fourth-order valence-electron chi connectivity index (χ4n) is 3.35. The second-order valence-corrected chi connectivity index (χ2v) is 7.79. The summed E-state index contributed by atoms with van der Waals surface area (Å²) in [7, 11) is 0. The number of aromatic amines is 1. The van der Waals surface area contributed by atoms with Crippen molar-refractivity contribution >= 4 is 5.97 Å². The highest BCUT2D eigenvalue weighted by atomic mass is 16.8. The number of imidazole rings is 1. The Morgan fingerprint density at radius 3 is 2.21 bits per heavy atom. The van der Waals surface area contributed by atoms with Crippen LogP contribution in [0.3, 0.4) is 0 Å². The van der Waals surface area contributed by atoms with Gasteiger partial charge in [-0.25, -0.2) is 4.98 Å². The van der Waals surface area contributed by atoms with Gasteiger partial charge in [0.05, 0.1) is 19.5 Å². The third-order valence-corrected chi connectivity index (χ3v) is 5.38. The Hall–Kier alpha value is -1.80. The number of carboxylic acids is 1. The van der Waals surface area contributed by atoms with Gasteiger partial charge in [0.2, 0.25) is 5.79 Å². The number of rotatable bonds is 8. The van der Waals surface area contributed by atoms with Crippen LogP contribution in [0, 0.1) is 0 Å². The van der Waals surface area contributed by atoms with Crippen LogP contribution in [0.5, 0.6) is 0 Å². The van der Waals surface area contributed by atoms with E-state index >= 15 is 0 Å². The van der Waals surface area contributed by atoms with Crippen molar-refractivity contribution in [2.24, 2.45) is 5.73 Å². The van der Waals surface area contributed by atoms with Crippen LogP contribution in [-0.2, 0) is 25.4 Å². The lowest BCUT2D eigenvalue weighted by molar-refractivity contribution is -0.383. The highest BCUT2D eigenvalue weighted by Crippen LogP contribution is 2.35. The molecule has 34 heavy (non-hydrogen) atoms. The summed E-state index contributed by atoms with van der Waals surface area (Å²) < 4.78 is 15.4. The maximum absolute atomic E-state index is 10.3. The zero-order valence-corrected chi connectivity index (χ0v) is 17.9. The largest absolute Gasteiger partial charge is 0.480 e. The first-order valence-electron chi connectivity index (χ1n) is 10.2. The summed E-state index contributed by atoms with van der Waals surface area (Å²) in [6, 6.07) is -0.851. The normalized spacial score (nSPS) is 38.7. The molecule has 16 nitrogen and oxygen atoms in total. The summed E-state index contributed by atoms with van der Waals surface area (Å²) in [5.74, 6) is -3.22. The van der Waals surface area contributed by atoms with Crippen LogP contribution < -0.4 is 5.73 Å². The first kappa shape index (κ1) is 28.4. The molecule has 196 valence electrons. The Bertz CT molecular complexity index is 753. The smallest absolute Gasteiger partial charge is 0.320 e. The first-order chi connectivity index (χ1) is 16.0. The molecule has 0 aliphatic carbocycles. The summed E-state index contributed by atoms with van der Waals surface area (Å²) in [4.78, 5) is 16.8. The molecule has 2 aliphatic rings. The Kier molecular flexibility index (Phi) is 10.2. The molecule has 0 radical (unpaired) electrons. The maximum atomic E-state index is 10.3. The van der Waals surface area contributed by atoms with Gasteiger partial charge in [-0.15, -0.1) is 0 Å². The van der Waals surface area contributed by atoms with Crippen LogP contribution in [0.25, 0.3) is 0 Å². The quantitative estimate of drug-likeness (QED) is 0.159. The molecule has 0 spiro atoms. The zero-order chi connectivity index (χ0) is 25.6. The predicted octanol–water partition coefficient (Wildman–Crippen LogP) is -6.03. The van der Waals surface area contributed by atoms with Crippen LogP contribution >= 0.6 is 0 Å². The number of aliphatic hydroxyl groups excluding tert-OH is 8. The first-order valence-corrected chi connectivity index (χ1v) is 10.2. The number of hydrogen-bond acceptors (Lipinski definition) is 14. The van der Waals surface area contributed by atoms with Crippen molar-refractivity contribution in [3.05, 3.63) is 18.2 Å². The molecule has 3 rings (SSSR count). The van der Waals surface area contributed by atoms with E-state index in [-0.39, 0.29) is 6.42 Å². The number of ether oxygens (including phenoxy) is 3. The van der Waals surface area contributed by atoms with E-state index < -0.39 is 86.6 Å². The average Bonchev–Trinajstić information content (AvgIpc) is 3.42. The fourth-order valence-corrected chi connectivity index (χ4v) is 3.35. The van der Waals surface area contributed by atoms with Gasteiger partial charge in [-0.05, 0) is 0 Å².